The Morgan fingerprint density at radius 3 is 2.30 bits per heavy atom. The van der Waals surface area contributed by atoms with E-state index in [1.165, 1.54) is 11.1 Å². The minimum Gasteiger partial charge on any atom is -0.497 e. The highest BCUT2D eigenvalue weighted by molar-refractivity contribution is 14.0. The van der Waals surface area contributed by atoms with Crippen molar-refractivity contribution in [3.05, 3.63) is 59.7 Å². The largest absolute Gasteiger partial charge is 0.497 e. The van der Waals surface area contributed by atoms with Gasteiger partial charge in [-0.1, -0.05) is 24.3 Å². The molecule has 0 aliphatic rings. The van der Waals surface area contributed by atoms with E-state index in [2.05, 4.69) is 60.8 Å². The number of likely N-dealkylation sites (N-methyl/N-ethyl adjacent to an activating group) is 1. The summed E-state index contributed by atoms with van der Waals surface area (Å²) in [6.07, 6.45) is 0.918. The number of hydrogen-bond donors (Lipinski definition) is 2. The first-order valence-corrected chi connectivity index (χ1v) is 10.0. The van der Waals surface area contributed by atoms with Crippen LogP contribution in [0.25, 0.3) is 0 Å². The maximum Gasteiger partial charge on any atom is 0.191 e. The van der Waals surface area contributed by atoms with E-state index in [-0.39, 0.29) is 30.0 Å². The number of aliphatic imine (C=N–C) groups is 1. The molecule has 0 aliphatic carbocycles. The fourth-order valence-corrected chi connectivity index (χ4v) is 3.05. The fraction of sp³-hybridized carbons (Fsp3) is 0.435. The molecular weight excluding hydrogens is 491 g/mol. The van der Waals surface area contributed by atoms with Gasteiger partial charge in [-0.25, -0.2) is 0 Å². The molecular formula is C23H35IN4O2. The number of nitrogens with zero attached hydrogens (tertiary/aromatic N) is 2. The number of rotatable bonds is 10. The number of ether oxygens (including phenoxy) is 2. The second-order valence-corrected chi connectivity index (χ2v) is 7.00. The molecule has 0 spiro atoms. The van der Waals surface area contributed by atoms with E-state index in [1.807, 2.05) is 24.3 Å². The second-order valence-electron chi connectivity index (χ2n) is 7.00. The van der Waals surface area contributed by atoms with Crippen LogP contribution in [0.1, 0.15) is 24.1 Å². The van der Waals surface area contributed by atoms with Crippen LogP contribution in [0, 0.1) is 0 Å². The first kappa shape index (κ1) is 26.0. The molecule has 0 radical (unpaired) electrons. The summed E-state index contributed by atoms with van der Waals surface area (Å²) in [7, 11) is 7.52. The molecule has 2 aromatic carbocycles. The Labute approximate surface area is 198 Å². The van der Waals surface area contributed by atoms with Crippen molar-refractivity contribution in [2.24, 2.45) is 4.99 Å². The van der Waals surface area contributed by atoms with Crippen molar-refractivity contribution in [1.82, 2.24) is 15.5 Å². The highest BCUT2D eigenvalue weighted by Crippen LogP contribution is 2.22. The summed E-state index contributed by atoms with van der Waals surface area (Å²) in [6.45, 7) is 4.36. The van der Waals surface area contributed by atoms with Gasteiger partial charge in [0.1, 0.15) is 11.5 Å². The van der Waals surface area contributed by atoms with Crippen LogP contribution in [-0.2, 0) is 6.42 Å². The maximum atomic E-state index is 5.37. The third-order valence-electron chi connectivity index (χ3n) is 4.73. The van der Waals surface area contributed by atoms with E-state index in [4.69, 9.17) is 14.5 Å². The standard InChI is InChI=1S/C23H34N4O2.HI/c1-6-24-23(25-15-14-18-10-12-20(28-4)13-11-18)26-17-22(27(2)3)19-8-7-9-21(16-19)29-5;/h7-13,16,22H,6,14-15,17H2,1-5H3,(H2,24,25,26);1H. The summed E-state index contributed by atoms with van der Waals surface area (Å²) in [5.41, 5.74) is 2.45. The molecule has 7 heteroatoms. The van der Waals surface area contributed by atoms with Gasteiger partial charge >= 0.3 is 0 Å². The molecule has 6 nitrogen and oxygen atoms in total. The number of nitrogens with one attached hydrogen (secondary N) is 2. The van der Waals surface area contributed by atoms with Crippen LogP contribution in [0.4, 0.5) is 0 Å². The molecule has 2 N–H and O–H groups in total. The molecule has 30 heavy (non-hydrogen) atoms. The average molecular weight is 526 g/mol. The van der Waals surface area contributed by atoms with Gasteiger partial charge in [-0.2, -0.15) is 0 Å². The second kappa shape index (κ2) is 14.1. The van der Waals surface area contributed by atoms with Crippen LogP contribution >= 0.6 is 24.0 Å². The van der Waals surface area contributed by atoms with Crippen molar-refractivity contribution in [3.63, 3.8) is 0 Å². The minimum atomic E-state index is 0. The lowest BCUT2D eigenvalue weighted by atomic mass is 10.1. The van der Waals surface area contributed by atoms with Gasteiger partial charge in [-0.3, -0.25) is 4.99 Å². The van der Waals surface area contributed by atoms with Crippen LogP contribution in [0.5, 0.6) is 11.5 Å². The van der Waals surface area contributed by atoms with Crippen LogP contribution in [0.2, 0.25) is 0 Å². The third kappa shape index (κ3) is 8.39. The van der Waals surface area contributed by atoms with E-state index in [9.17, 15) is 0 Å². The first-order valence-electron chi connectivity index (χ1n) is 10.0. The third-order valence-corrected chi connectivity index (χ3v) is 4.73. The molecule has 2 aromatic rings. The van der Waals surface area contributed by atoms with E-state index in [1.54, 1.807) is 14.2 Å². The summed E-state index contributed by atoms with van der Waals surface area (Å²) in [5.74, 6) is 2.57. The van der Waals surface area contributed by atoms with Crippen molar-refractivity contribution in [3.8, 4) is 11.5 Å². The molecule has 0 amide bonds. The predicted molar refractivity (Wildman–Crippen MR) is 136 cm³/mol. The molecule has 0 aromatic heterocycles. The van der Waals surface area contributed by atoms with Crippen molar-refractivity contribution in [2.45, 2.75) is 19.4 Å². The van der Waals surface area contributed by atoms with E-state index >= 15 is 0 Å². The van der Waals surface area contributed by atoms with Gasteiger partial charge in [0.2, 0.25) is 0 Å². The van der Waals surface area contributed by atoms with E-state index < -0.39 is 0 Å². The molecule has 0 bridgehead atoms. The van der Waals surface area contributed by atoms with Gasteiger partial charge in [-0.15, -0.1) is 24.0 Å². The minimum absolute atomic E-state index is 0. The molecule has 166 valence electrons. The Balaban J connectivity index is 0.00000450. The summed E-state index contributed by atoms with van der Waals surface area (Å²) in [6, 6.07) is 16.5. The molecule has 0 heterocycles. The van der Waals surface area contributed by atoms with E-state index in [0.717, 1.165) is 37.0 Å². The number of halogens is 1. The van der Waals surface area contributed by atoms with Gasteiger partial charge in [0.05, 0.1) is 26.8 Å². The molecule has 0 fully saturated rings. The Morgan fingerprint density at radius 1 is 1.00 bits per heavy atom. The normalized spacial score (nSPS) is 12.1. The zero-order valence-electron chi connectivity index (χ0n) is 18.6. The highest BCUT2D eigenvalue weighted by Gasteiger charge is 2.14. The quantitative estimate of drug-likeness (QED) is 0.281. The summed E-state index contributed by atoms with van der Waals surface area (Å²) < 4.78 is 10.6. The monoisotopic (exact) mass is 526 g/mol. The number of hydrogen-bond acceptors (Lipinski definition) is 4. The lowest BCUT2D eigenvalue weighted by molar-refractivity contribution is 0.305. The lowest BCUT2D eigenvalue weighted by Gasteiger charge is -2.24. The fourth-order valence-electron chi connectivity index (χ4n) is 3.05. The molecule has 0 saturated heterocycles. The highest BCUT2D eigenvalue weighted by atomic mass is 127. The summed E-state index contributed by atoms with van der Waals surface area (Å²) >= 11 is 0. The number of methoxy groups -OCH3 is 2. The van der Waals surface area contributed by atoms with Crippen LogP contribution in [0.3, 0.4) is 0 Å². The van der Waals surface area contributed by atoms with Gasteiger partial charge < -0.3 is 25.0 Å². The van der Waals surface area contributed by atoms with Gasteiger partial charge in [0.15, 0.2) is 5.96 Å². The molecule has 0 aliphatic heterocycles. The predicted octanol–water partition coefficient (Wildman–Crippen LogP) is 3.72. The summed E-state index contributed by atoms with van der Waals surface area (Å²) in [5, 5.41) is 6.76. The smallest absolute Gasteiger partial charge is 0.191 e. The van der Waals surface area contributed by atoms with Crippen molar-refractivity contribution in [2.75, 3.05) is 47.9 Å². The van der Waals surface area contributed by atoms with Gasteiger partial charge in [0, 0.05) is 13.1 Å². The van der Waals surface area contributed by atoms with Crippen LogP contribution in [-0.4, -0.2) is 58.8 Å². The van der Waals surface area contributed by atoms with Gasteiger partial charge in [0.25, 0.3) is 0 Å². The van der Waals surface area contributed by atoms with Crippen molar-refractivity contribution < 1.29 is 9.47 Å². The zero-order chi connectivity index (χ0) is 21.1. The molecule has 1 unspecified atom stereocenters. The first-order chi connectivity index (χ1) is 14.1. The molecule has 2 rings (SSSR count). The van der Waals surface area contributed by atoms with Gasteiger partial charge in [-0.05, 0) is 62.8 Å². The van der Waals surface area contributed by atoms with E-state index in [0.29, 0.717) is 6.54 Å². The Hall–Kier alpha value is -2.00. The molecule has 0 saturated carbocycles. The lowest BCUT2D eigenvalue weighted by Crippen LogP contribution is -2.39. The number of guanidine groups is 1. The SMILES string of the molecule is CCNC(=NCC(c1cccc(OC)c1)N(C)C)NCCc1ccc(OC)cc1.I. The Bertz CT molecular complexity index is 766. The zero-order valence-corrected chi connectivity index (χ0v) is 21.0. The number of benzene rings is 2. The molecule has 1 atom stereocenters. The average Bonchev–Trinajstić information content (AvgIpc) is 2.74. The van der Waals surface area contributed by atoms with Crippen molar-refractivity contribution >= 4 is 29.9 Å². The van der Waals surface area contributed by atoms with Crippen LogP contribution < -0.4 is 20.1 Å². The topological polar surface area (TPSA) is 58.1 Å². The Kier molecular flexibility index (Phi) is 12.2. The van der Waals surface area contributed by atoms with Crippen LogP contribution in [0.15, 0.2) is 53.5 Å². The summed E-state index contributed by atoms with van der Waals surface area (Å²) in [4.78, 5) is 7.00. The van der Waals surface area contributed by atoms with Crippen molar-refractivity contribution in [1.29, 1.82) is 0 Å². The Morgan fingerprint density at radius 2 is 1.70 bits per heavy atom. The maximum absolute atomic E-state index is 5.37.